The Morgan fingerprint density at radius 3 is 2.59 bits per heavy atom. The minimum Gasteiger partial charge on any atom is -0.356 e. The van der Waals surface area contributed by atoms with Gasteiger partial charge in [-0.25, -0.2) is 0 Å². The number of nitrogens with one attached hydrogen (secondary N) is 1. The van der Waals surface area contributed by atoms with Gasteiger partial charge in [0, 0.05) is 19.0 Å². The fourth-order valence-electron chi connectivity index (χ4n) is 4.15. The van der Waals surface area contributed by atoms with Gasteiger partial charge in [-0.3, -0.25) is 4.79 Å². The molecule has 96 valence electrons. The lowest BCUT2D eigenvalue weighted by Crippen LogP contribution is -2.43. The Morgan fingerprint density at radius 1 is 1.18 bits per heavy atom. The molecule has 3 nitrogen and oxygen atoms in total. The Morgan fingerprint density at radius 2 is 2.00 bits per heavy atom. The van der Waals surface area contributed by atoms with Crippen molar-refractivity contribution in [3.05, 3.63) is 0 Å². The lowest BCUT2D eigenvalue weighted by atomic mass is 9.81. The lowest BCUT2D eigenvalue weighted by Gasteiger charge is -2.32. The van der Waals surface area contributed by atoms with E-state index >= 15 is 0 Å². The van der Waals surface area contributed by atoms with Gasteiger partial charge in [-0.2, -0.15) is 0 Å². The summed E-state index contributed by atoms with van der Waals surface area (Å²) in [5, 5.41) is 3.10. The van der Waals surface area contributed by atoms with E-state index in [4.69, 9.17) is 5.73 Å². The van der Waals surface area contributed by atoms with Gasteiger partial charge in [0.1, 0.15) is 0 Å². The molecule has 17 heavy (non-hydrogen) atoms. The van der Waals surface area contributed by atoms with Crippen molar-refractivity contribution in [2.24, 2.45) is 29.4 Å². The van der Waals surface area contributed by atoms with E-state index in [-0.39, 0.29) is 5.91 Å². The molecule has 0 heterocycles. The van der Waals surface area contributed by atoms with Gasteiger partial charge < -0.3 is 11.1 Å². The molecule has 2 bridgehead atoms. The molecule has 0 aromatic heterocycles. The van der Waals surface area contributed by atoms with Crippen LogP contribution >= 0.6 is 0 Å². The van der Waals surface area contributed by atoms with Crippen LogP contribution in [-0.2, 0) is 4.79 Å². The Bertz CT molecular complexity index is 299. The van der Waals surface area contributed by atoms with Crippen molar-refractivity contribution in [1.29, 1.82) is 0 Å². The van der Waals surface area contributed by atoms with Crippen molar-refractivity contribution < 1.29 is 4.79 Å². The van der Waals surface area contributed by atoms with Crippen molar-refractivity contribution in [2.75, 3.05) is 6.54 Å². The van der Waals surface area contributed by atoms with Gasteiger partial charge in [0.15, 0.2) is 0 Å². The first-order valence-electron chi connectivity index (χ1n) is 7.23. The Labute approximate surface area is 104 Å². The maximum absolute atomic E-state index is 11.9. The monoisotopic (exact) mass is 236 g/mol. The molecule has 3 N–H and O–H groups in total. The van der Waals surface area contributed by atoms with Gasteiger partial charge in [0.2, 0.25) is 5.91 Å². The van der Waals surface area contributed by atoms with E-state index in [1.54, 1.807) is 0 Å². The molecule has 3 aliphatic rings. The normalized spacial score (nSPS) is 43.5. The number of carbonyl (C=O) groups excluding carboxylic acids is 1. The highest BCUT2D eigenvalue weighted by Gasteiger charge is 2.40. The minimum atomic E-state index is 0.281. The van der Waals surface area contributed by atoms with E-state index in [9.17, 15) is 4.79 Å². The van der Waals surface area contributed by atoms with Crippen LogP contribution in [0.1, 0.15) is 44.9 Å². The molecule has 0 saturated heterocycles. The van der Waals surface area contributed by atoms with Gasteiger partial charge in [-0.1, -0.05) is 6.42 Å². The molecule has 0 radical (unpaired) electrons. The molecular weight excluding hydrogens is 212 g/mol. The van der Waals surface area contributed by atoms with Crippen LogP contribution < -0.4 is 11.1 Å². The average molecular weight is 236 g/mol. The third-order valence-corrected chi connectivity index (χ3v) is 5.19. The van der Waals surface area contributed by atoms with Crippen LogP contribution in [0.4, 0.5) is 0 Å². The number of hydrogen-bond acceptors (Lipinski definition) is 2. The third-order valence-electron chi connectivity index (χ3n) is 5.19. The summed E-state index contributed by atoms with van der Waals surface area (Å²) in [5.41, 5.74) is 5.74. The number of carbonyl (C=O) groups is 1. The van der Waals surface area contributed by atoms with Crippen LogP contribution in [0, 0.1) is 23.7 Å². The molecule has 0 aliphatic heterocycles. The molecular formula is C14H24N2O. The number of nitrogens with two attached hydrogens (primary N) is 1. The highest BCUT2D eigenvalue weighted by Crippen LogP contribution is 2.49. The Hall–Kier alpha value is -0.570. The smallest absolute Gasteiger partial charge is 0.220 e. The van der Waals surface area contributed by atoms with Crippen molar-refractivity contribution in [2.45, 2.75) is 51.0 Å². The summed E-state index contributed by atoms with van der Waals surface area (Å²) in [6.45, 7) is 0.855. The lowest BCUT2D eigenvalue weighted by molar-refractivity contribution is -0.122. The molecule has 3 saturated carbocycles. The second-order valence-corrected chi connectivity index (χ2v) is 6.54. The molecule has 3 unspecified atom stereocenters. The number of amides is 1. The summed E-state index contributed by atoms with van der Waals surface area (Å²) in [6.07, 6.45) is 8.47. The summed E-state index contributed by atoms with van der Waals surface area (Å²) in [5.74, 6) is 3.43. The van der Waals surface area contributed by atoms with E-state index in [0.717, 1.165) is 37.6 Å². The van der Waals surface area contributed by atoms with Crippen molar-refractivity contribution in [3.63, 3.8) is 0 Å². The van der Waals surface area contributed by atoms with Gasteiger partial charge in [0.05, 0.1) is 0 Å². The van der Waals surface area contributed by atoms with E-state index in [0.29, 0.717) is 17.9 Å². The van der Waals surface area contributed by atoms with Crippen LogP contribution in [0.2, 0.25) is 0 Å². The Kier molecular flexibility index (Phi) is 3.12. The zero-order valence-electron chi connectivity index (χ0n) is 10.5. The van der Waals surface area contributed by atoms with Crippen molar-refractivity contribution >= 4 is 5.91 Å². The predicted octanol–water partition coefficient (Wildman–Crippen LogP) is 1.67. The maximum atomic E-state index is 11.9. The zero-order chi connectivity index (χ0) is 11.8. The molecule has 3 fully saturated rings. The Balaban J connectivity index is 1.36. The summed E-state index contributed by atoms with van der Waals surface area (Å²) in [4.78, 5) is 11.9. The first-order valence-corrected chi connectivity index (χ1v) is 7.23. The van der Waals surface area contributed by atoms with Crippen LogP contribution in [0.15, 0.2) is 0 Å². The van der Waals surface area contributed by atoms with Crippen LogP contribution in [0.3, 0.4) is 0 Å². The van der Waals surface area contributed by atoms with E-state index in [1.165, 1.54) is 25.7 Å². The van der Waals surface area contributed by atoms with Gasteiger partial charge in [-0.15, -0.1) is 0 Å². The molecule has 0 aromatic carbocycles. The fraction of sp³-hybridized carbons (Fsp3) is 0.929. The molecule has 3 rings (SSSR count). The van der Waals surface area contributed by atoms with Crippen LogP contribution in [0.25, 0.3) is 0 Å². The fourth-order valence-corrected chi connectivity index (χ4v) is 4.15. The highest BCUT2D eigenvalue weighted by atomic mass is 16.1. The number of fused-ring (bicyclic) bond motifs is 2. The first kappa shape index (κ1) is 11.5. The summed E-state index contributed by atoms with van der Waals surface area (Å²) >= 11 is 0. The van der Waals surface area contributed by atoms with E-state index in [2.05, 4.69) is 5.32 Å². The predicted molar refractivity (Wildman–Crippen MR) is 67.3 cm³/mol. The summed E-state index contributed by atoms with van der Waals surface area (Å²) in [6, 6.07) is 0.391. The van der Waals surface area contributed by atoms with Crippen molar-refractivity contribution in [1.82, 2.24) is 5.32 Å². The maximum Gasteiger partial charge on any atom is 0.220 e. The molecule has 3 atom stereocenters. The van der Waals surface area contributed by atoms with Gasteiger partial charge in [-0.05, 0) is 55.8 Å². The van der Waals surface area contributed by atoms with E-state index < -0.39 is 0 Å². The molecule has 0 spiro atoms. The second kappa shape index (κ2) is 4.60. The van der Waals surface area contributed by atoms with Crippen LogP contribution in [0.5, 0.6) is 0 Å². The standard InChI is InChI=1S/C14H24N2O/c15-13-5-10(6-13)8-16-14(17)7-12-4-9-1-2-11(12)3-9/h9-13H,1-8,15H2,(H,16,17). The molecule has 1 amide bonds. The summed E-state index contributed by atoms with van der Waals surface area (Å²) < 4.78 is 0. The summed E-state index contributed by atoms with van der Waals surface area (Å²) in [7, 11) is 0. The van der Waals surface area contributed by atoms with Gasteiger partial charge >= 0.3 is 0 Å². The molecule has 0 aromatic rings. The SMILES string of the molecule is NC1CC(CNC(=O)CC2CC3CCC2C3)C1. The van der Waals surface area contributed by atoms with E-state index in [1.807, 2.05) is 0 Å². The highest BCUT2D eigenvalue weighted by molar-refractivity contribution is 5.76. The topological polar surface area (TPSA) is 55.1 Å². The van der Waals surface area contributed by atoms with Crippen molar-refractivity contribution in [3.8, 4) is 0 Å². The molecule has 3 heteroatoms. The third kappa shape index (κ3) is 2.49. The zero-order valence-corrected chi connectivity index (χ0v) is 10.5. The molecule has 3 aliphatic carbocycles. The largest absolute Gasteiger partial charge is 0.356 e. The quantitative estimate of drug-likeness (QED) is 0.780. The minimum absolute atomic E-state index is 0.281. The van der Waals surface area contributed by atoms with Crippen LogP contribution in [-0.4, -0.2) is 18.5 Å². The van der Waals surface area contributed by atoms with Gasteiger partial charge in [0.25, 0.3) is 0 Å². The first-order chi connectivity index (χ1) is 8.20. The number of rotatable bonds is 4. The second-order valence-electron chi connectivity index (χ2n) is 6.54. The number of hydrogen-bond donors (Lipinski definition) is 2. The average Bonchev–Trinajstić information content (AvgIpc) is 2.84.